The molecule has 0 spiro atoms. The van der Waals surface area contributed by atoms with E-state index < -0.39 is 0 Å². The lowest BCUT2D eigenvalue weighted by Gasteiger charge is -2.08. The number of hydrogen-bond acceptors (Lipinski definition) is 4. The number of phenolic OH excluding ortho intramolecular Hbond substituents is 1. The molecule has 24 heavy (non-hydrogen) atoms. The van der Waals surface area contributed by atoms with E-state index in [0.717, 1.165) is 16.9 Å². The predicted octanol–water partition coefficient (Wildman–Crippen LogP) is 3.12. The first-order chi connectivity index (χ1) is 11.5. The second-order valence-corrected chi connectivity index (χ2v) is 5.91. The van der Waals surface area contributed by atoms with Crippen molar-refractivity contribution in [1.29, 1.82) is 0 Å². The van der Waals surface area contributed by atoms with E-state index in [1.807, 2.05) is 24.3 Å². The van der Waals surface area contributed by atoms with E-state index in [4.69, 9.17) is 4.74 Å². The molecule has 0 aromatic heterocycles. The number of ether oxygens (including phenoxy) is 1. The van der Waals surface area contributed by atoms with Crippen LogP contribution in [0, 0.1) is 5.92 Å². The lowest BCUT2D eigenvalue weighted by atomic mass is 10.1. The number of phenols is 1. The van der Waals surface area contributed by atoms with Crippen LogP contribution in [0.3, 0.4) is 0 Å². The van der Waals surface area contributed by atoms with Crippen LogP contribution in [-0.4, -0.2) is 23.8 Å². The smallest absolute Gasteiger partial charge is 0.244 e. The molecule has 1 amide bonds. The van der Waals surface area contributed by atoms with Crippen LogP contribution >= 0.6 is 0 Å². The molecule has 0 atom stereocenters. The van der Waals surface area contributed by atoms with Crippen LogP contribution in [0.25, 0.3) is 0 Å². The quantitative estimate of drug-likeness (QED) is 0.606. The number of carbonyl (C=O) groups excluding carboxylic acids is 1. The Kier molecular flexibility index (Phi) is 6.37. The second-order valence-electron chi connectivity index (χ2n) is 5.91. The molecule has 2 aromatic rings. The number of nitrogens with one attached hydrogen (secondary N) is 1. The highest BCUT2D eigenvalue weighted by atomic mass is 16.5. The highest BCUT2D eigenvalue weighted by Crippen LogP contribution is 2.12. The molecule has 126 valence electrons. The van der Waals surface area contributed by atoms with Gasteiger partial charge in [-0.3, -0.25) is 4.79 Å². The van der Waals surface area contributed by atoms with Crippen molar-refractivity contribution < 1.29 is 14.6 Å². The van der Waals surface area contributed by atoms with E-state index in [-0.39, 0.29) is 18.1 Å². The Balaban J connectivity index is 1.80. The summed E-state index contributed by atoms with van der Waals surface area (Å²) in [6.07, 6.45) is 1.79. The van der Waals surface area contributed by atoms with Gasteiger partial charge in [0.25, 0.3) is 0 Å². The summed E-state index contributed by atoms with van der Waals surface area (Å²) in [7, 11) is 0. The van der Waals surface area contributed by atoms with E-state index in [1.165, 1.54) is 0 Å². The number of hydrogen-bond donors (Lipinski definition) is 2. The molecule has 5 nitrogen and oxygen atoms in total. The molecule has 0 fully saturated rings. The molecular weight excluding hydrogens is 304 g/mol. The summed E-state index contributed by atoms with van der Waals surface area (Å²) < 4.78 is 5.61. The molecular formula is C19H22N2O3. The van der Waals surface area contributed by atoms with Gasteiger partial charge in [0.1, 0.15) is 11.5 Å². The third kappa shape index (κ3) is 6.12. The third-order valence-electron chi connectivity index (χ3n) is 3.17. The van der Waals surface area contributed by atoms with E-state index >= 15 is 0 Å². The Labute approximate surface area is 142 Å². The fourth-order valence-electron chi connectivity index (χ4n) is 1.93. The second kappa shape index (κ2) is 8.72. The highest BCUT2D eigenvalue weighted by Gasteiger charge is 2.02. The van der Waals surface area contributed by atoms with Crippen LogP contribution in [0.1, 0.15) is 25.0 Å². The largest absolute Gasteiger partial charge is 0.508 e. The summed E-state index contributed by atoms with van der Waals surface area (Å²) in [5.41, 5.74) is 4.17. The summed E-state index contributed by atoms with van der Waals surface area (Å²) in [5.74, 6) is 1.26. The first-order valence-electron chi connectivity index (χ1n) is 7.85. The lowest BCUT2D eigenvalue weighted by Crippen LogP contribution is -2.19. The van der Waals surface area contributed by atoms with Crippen molar-refractivity contribution in [2.45, 2.75) is 20.3 Å². The minimum atomic E-state index is -0.214. The Morgan fingerprint density at radius 3 is 2.46 bits per heavy atom. The first kappa shape index (κ1) is 17.5. The number of nitrogens with zero attached hydrogens (tertiary/aromatic N) is 1. The molecule has 0 aliphatic heterocycles. The van der Waals surface area contributed by atoms with E-state index in [2.05, 4.69) is 24.4 Å². The summed E-state index contributed by atoms with van der Waals surface area (Å²) in [6.45, 7) is 4.88. The maximum atomic E-state index is 11.8. The summed E-state index contributed by atoms with van der Waals surface area (Å²) in [4.78, 5) is 11.8. The van der Waals surface area contributed by atoms with Gasteiger partial charge in [0.15, 0.2) is 0 Å². The lowest BCUT2D eigenvalue weighted by molar-refractivity contribution is -0.120. The zero-order chi connectivity index (χ0) is 17.4. The molecule has 0 aliphatic carbocycles. The van der Waals surface area contributed by atoms with Gasteiger partial charge in [-0.2, -0.15) is 5.10 Å². The highest BCUT2D eigenvalue weighted by molar-refractivity contribution is 5.83. The molecule has 0 unspecified atom stereocenters. The van der Waals surface area contributed by atoms with Crippen molar-refractivity contribution in [3.05, 3.63) is 59.7 Å². The molecule has 0 bridgehead atoms. The van der Waals surface area contributed by atoms with Gasteiger partial charge in [0.05, 0.1) is 19.2 Å². The van der Waals surface area contributed by atoms with Gasteiger partial charge < -0.3 is 9.84 Å². The van der Waals surface area contributed by atoms with Gasteiger partial charge in [-0.1, -0.05) is 26.0 Å². The average Bonchev–Trinajstić information content (AvgIpc) is 2.56. The molecule has 0 aliphatic rings. The van der Waals surface area contributed by atoms with Gasteiger partial charge in [-0.15, -0.1) is 0 Å². The van der Waals surface area contributed by atoms with Crippen LogP contribution in [-0.2, 0) is 11.2 Å². The zero-order valence-electron chi connectivity index (χ0n) is 13.9. The molecule has 5 heteroatoms. The Hall–Kier alpha value is -2.82. The normalized spacial score (nSPS) is 11.0. The van der Waals surface area contributed by atoms with Gasteiger partial charge in [0, 0.05) is 0 Å². The standard InChI is InChI=1S/C19H22N2O3/c1-14(2)13-24-18-9-5-16(6-10-18)12-20-21-19(23)11-15-3-7-17(22)8-4-15/h3-10,12,14,22H,11,13H2,1-2H3,(H,21,23)/b20-12-. The Bertz CT molecular complexity index is 677. The van der Waals surface area contributed by atoms with Crippen molar-refractivity contribution in [3.63, 3.8) is 0 Å². The van der Waals surface area contributed by atoms with E-state index in [0.29, 0.717) is 12.5 Å². The van der Waals surface area contributed by atoms with E-state index in [9.17, 15) is 9.90 Å². The number of benzene rings is 2. The molecule has 2 aromatic carbocycles. The van der Waals surface area contributed by atoms with Crippen molar-refractivity contribution in [3.8, 4) is 11.5 Å². The van der Waals surface area contributed by atoms with E-state index in [1.54, 1.807) is 30.5 Å². The minimum absolute atomic E-state index is 0.179. The molecule has 2 N–H and O–H groups in total. The monoisotopic (exact) mass is 326 g/mol. The number of aromatic hydroxyl groups is 1. The van der Waals surface area contributed by atoms with Gasteiger partial charge in [-0.05, 0) is 53.4 Å². The fraction of sp³-hybridized carbons (Fsp3) is 0.263. The zero-order valence-corrected chi connectivity index (χ0v) is 13.9. The summed E-state index contributed by atoms with van der Waals surface area (Å²) >= 11 is 0. The SMILES string of the molecule is CC(C)COc1ccc(/C=N\NC(=O)Cc2ccc(O)cc2)cc1. The molecule has 2 rings (SSSR count). The van der Waals surface area contributed by atoms with Gasteiger partial charge in [-0.25, -0.2) is 5.43 Å². The maximum Gasteiger partial charge on any atom is 0.244 e. The van der Waals surface area contributed by atoms with Gasteiger partial charge >= 0.3 is 0 Å². The summed E-state index contributed by atoms with van der Waals surface area (Å²) in [6, 6.07) is 14.0. The third-order valence-corrected chi connectivity index (χ3v) is 3.17. The van der Waals surface area contributed by atoms with Crippen LogP contribution in [0.2, 0.25) is 0 Å². The molecule has 0 radical (unpaired) electrons. The number of rotatable bonds is 7. The van der Waals surface area contributed by atoms with Crippen LogP contribution in [0.15, 0.2) is 53.6 Å². The van der Waals surface area contributed by atoms with Crippen LogP contribution in [0.5, 0.6) is 11.5 Å². The van der Waals surface area contributed by atoms with Crippen molar-refractivity contribution in [1.82, 2.24) is 5.43 Å². The number of carbonyl (C=O) groups is 1. The van der Waals surface area contributed by atoms with Crippen LogP contribution < -0.4 is 10.2 Å². The number of amides is 1. The average molecular weight is 326 g/mol. The molecule has 0 saturated carbocycles. The van der Waals surface area contributed by atoms with Gasteiger partial charge in [0.2, 0.25) is 5.91 Å². The first-order valence-corrected chi connectivity index (χ1v) is 7.85. The van der Waals surface area contributed by atoms with Crippen molar-refractivity contribution in [2.24, 2.45) is 11.0 Å². The van der Waals surface area contributed by atoms with Crippen molar-refractivity contribution in [2.75, 3.05) is 6.61 Å². The number of hydrazone groups is 1. The van der Waals surface area contributed by atoms with Crippen LogP contribution in [0.4, 0.5) is 0 Å². The topological polar surface area (TPSA) is 70.9 Å². The minimum Gasteiger partial charge on any atom is -0.508 e. The maximum absolute atomic E-state index is 11.8. The molecule has 0 saturated heterocycles. The Morgan fingerprint density at radius 1 is 1.17 bits per heavy atom. The Morgan fingerprint density at radius 2 is 1.83 bits per heavy atom. The molecule has 0 heterocycles. The summed E-state index contributed by atoms with van der Waals surface area (Å²) in [5, 5.41) is 13.1. The van der Waals surface area contributed by atoms with Crippen molar-refractivity contribution >= 4 is 12.1 Å². The predicted molar refractivity (Wildman–Crippen MR) is 94.3 cm³/mol. The fourth-order valence-corrected chi connectivity index (χ4v) is 1.93.